The molecule has 0 saturated heterocycles. The van der Waals surface area contributed by atoms with Crippen LogP contribution in [-0.4, -0.2) is 22.4 Å². The lowest BCUT2D eigenvalue weighted by atomic mass is 10.2. The molecule has 5 nitrogen and oxygen atoms in total. The molecular weight excluding hydrogens is 268 g/mol. The molecule has 0 aliphatic carbocycles. The number of esters is 1. The second-order valence-electron chi connectivity index (χ2n) is 4.42. The molecule has 5 heteroatoms. The van der Waals surface area contributed by atoms with Crippen LogP contribution in [0.2, 0.25) is 0 Å². The molecule has 0 aliphatic heterocycles. The van der Waals surface area contributed by atoms with Gasteiger partial charge in [0.05, 0.1) is 12.2 Å². The fourth-order valence-corrected chi connectivity index (χ4v) is 1.79. The lowest BCUT2D eigenvalue weighted by Gasteiger charge is -2.03. The molecule has 0 spiro atoms. The van der Waals surface area contributed by atoms with Crippen LogP contribution in [0.25, 0.3) is 6.08 Å². The van der Waals surface area contributed by atoms with Crippen molar-refractivity contribution in [2.45, 2.75) is 13.5 Å². The molecule has 0 radical (unpaired) electrons. The van der Waals surface area contributed by atoms with E-state index in [-0.39, 0.29) is 5.97 Å². The van der Waals surface area contributed by atoms with E-state index in [0.717, 1.165) is 11.1 Å². The molecule has 0 atom stereocenters. The third-order valence-corrected chi connectivity index (χ3v) is 2.73. The van der Waals surface area contributed by atoms with Gasteiger partial charge in [-0.1, -0.05) is 30.3 Å². The molecule has 2 aromatic rings. The first-order valence-corrected chi connectivity index (χ1v) is 6.74. The van der Waals surface area contributed by atoms with Gasteiger partial charge in [0.15, 0.2) is 0 Å². The Morgan fingerprint density at radius 3 is 2.81 bits per heavy atom. The first-order valence-electron chi connectivity index (χ1n) is 6.74. The summed E-state index contributed by atoms with van der Waals surface area (Å²) in [5.74, 6) is 0.109. The summed E-state index contributed by atoms with van der Waals surface area (Å²) in [4.78, 5) is 11.3. The van der Waals surface area contributed by atoms with Crippen LogP contribution in [0.3, 0.4) is 0 Å². The smallest absolute Gasteiger partial charge is 0.330 e. The predicted molar refractivity (Wildman–Crippen MR) is 79.6 cm³/mol. The lowest BCUT2D eigenvalue weighted by molar-refractivity contribution is -0.137. The summed E-state index contributed by atoms with van der Waals surface area (Å²) in [7, 11) is 1.80. The summed E-state index contributed by atoms with van der Waals surface area (Å²) < 4.78 is 12.2. The van der Waals surface area contributed by atoms with Gasteiger partial charge in [-0.15, -0.1) is 5.10 Å². The first-order chi connectivity index (χ1) is 10.2. The standard InChI is InChI=1S/C16H18N2O3/c1-3-20-15(19)10-9-14-11-18(2)17-16(14)21-12-13-7-5-4-6-8-13/h4-11H,3,12H2,1-2H3. The van der Waals surface area contributed by atoms with Gasteiger partial charge in [0.25, 0.3) is 0 Å². The van der Waals surface area contributed by atoms with E-state index < -0.39 is 0 Å². The molecule has 1 heterocycles. The Labute approximate surface area is 123 Å². The maximum Gasteiger partial charge on any atom is 0.330 e. The number of aromatic nitrogens is 2. The van der Waals surface area contributed by atoms with E-state index in [4.69, 9.17) is 9.47 Å². The zero-order chi connectivity index (χ0) is 15.1. The Morgan fingerprint density at radius 2 is 2.10 bits per heavy atom. The van der Waals surface area contributed by atoms with Gasteiger partial charge >= 0.3 is 5.97 Å². The molecule has 110 valence electrons. The van der Waals surface area contributed by atoms with Crippen molar-refractivity contribution in [2.24, 2.45) is 7.05 Å². The molecule has 0 saturated carbocycles. The summed E-state index contributed by atoms with van der Waals surface area (Å²) in [6.45, 7) is 2.55. The molecule has 1 aromatic heterocycles. The van der Waals surface area contributed by atoms with E-state index in [9.17, 15) is 4.79 Å². The molecule has 0 N–H and O–H groups in total. The molecular formula is C16H18N2O3. The van der Waals surface area contributed by atoms with Gasteiger partial charge in [-0.05, 0) is 18.6 Å². The highest BCUT2D eigenvalue weighted by atomic mass is 16.5. The van der Waals surface area contributed by atoms with E-state index in [1.807, 2.05) is 30.3 Å². The minimum Gasteiger partial charge on any atom is -0.471 e. The van der Waals surface area contributed by atoms with Crippen molar-refractivity contribution in [1.29, 1.82) is 0 Å². The van der Waals surface area contributed by atoms with Gasteiger partial charge in [0.1, 0.15) is 6.61 Å². The van der Waals surface area contributed by atoms with E-state index in [2.05, 4.69) is 5.10 Å². The SMILES string of the molecule is CCOC(=O)C=Cc1cn(C)nc1OCc1ccccc1. The molecule has 21 heavy (non-hydrogen) atoms. The normalized spacial score (nSPS) is 10.8. The Bertz CT molecular complexity index is 618. The number of carbonyl (C=O) groups is 1. The topological polar surface area (TPSA) is 53.4 Å². The Balaban J connectivity index is 2.04. The highest BCUT2D eigenvalue weighted by Crippen LogP contribution is 2.18. The van der Waals surface area contributed by atoms with E-state index in [1.165, 1.54) is 6.08 Å². The van der Waals surface area contributed by atoms with Crippen molar-refractivity contribution in [2.75, 3.05) is 6.61 Å². The van der Waals surface area contributed by atoms with Crippen molar-refractivity contribution < 1.29 is 14.3 Å². The fourth-order valence-electron chi connectivity index (χ4n) is 1.79. The van der Waals surface area contributed by atoms with Crippen molar-refractivity contribution >= 4 is 12.0 Å². The number of benzene rings is 1. The van der Waals surface area contributed by atoms with Crippen molar-refractivity contribution in [3.05, 3.63) is 53.7 Å². The maximum atomic E-state index is 11.3. The lowest BCUT2D eigenvalue weighted by Crippen LogP contribution is -1.99. The first kappa shape index (κ1) is 14.8. The number of nitrogens with zero attached hydrogens (tertiary/aromatic N) is 2. The summed E-state index contributed by atoms with van der Waals surface area (Å²) in [6.07, 6.45) is 4.80. The van der Waals surface area contributed by atoms with E-state index >= 15 is 0 Å². The van der Waals surface area contributed by atoms with Crippen LogP contribution in [0.4, 0.5) is 0 Å². The minimum atomic E-state index is -0.379. The van der Waals surface area contributed by atoms with Crippen LogP contribution in [-0.2, 0) is 23.2 Å². The molecule has 2 rings (SSSR count). The average molecular weight is 286 g/mol. The number of ether oxygens (including phenoxy) is 2. The van der Waals surface area contributed by atoms with Crippen LogP contribution < -0.4 is 4.74 Å². The monoisotopic (exact) mass is 286 g/mol. The Kier molecular flexibility index (Phi) is 5.15. The Hall–Kier alpha value is -2.56. The molecule has 0 fully saturated rings. The van der Waals surface area contributed by atoms with Gasteiger partial charge in [0, 0.05) is 19.3 Å². The van der Waals surface area contributed by atoms with Gasteiger partial charge in [-0.2, -0.15) is 0 Å². The van der Waals surface area contributed by atoms with Crippen molar-refractivity contribution in [3.8, 4) is 5.88 Å². The predicted octanol–water partition coefficient (Wildman–Crippen LogP) is 2.58. The number of rotatable bonds is 6. The number of carbonyl (C=O) groups excluding carboxylic acids is 1. The summed E-state index contributed by atoms with van der Waals surface area (Å²) >= 11 is 0. The highest BCUT2D eigenvalue weighted by Gasteiger charge is 2.07. The third kappa shape index (κ3) is 4.49. The summed E-state index contributed by atoms with van der Waals surface area (Å²) in [5.41, 5.74) is 1.80. The zero-order valence-corrected chi connectivity index (χ0v) is 12.2. The second-order valence-corrected chi connectivity index (χ2v) is 4.42. The number of hydrogen-bond acceptors (Lipinski definition) is 4. The van der Waals surface area contributed by atoms with Crippen LogP contribution in [0, 0.1) is 0 Å². The van der Waals surface area contributed by atoms with Crippen LogP contribution in [0.1, 0.15) is 18.1 Å². The van der Waals surface area contributed by atoms with Gasteiger partial charge in [-0.3, -0.25) is 4.68 Å². The van der Waals surface area contributed by atoms with Crippen molar-refractivity contribution in [3.63, 3.8) is 0 Å². The molecule has 1 aromatic carbocycles. The Morgan fingerprint density at radius 1 is 1.33 bits per heavy atom. The quantitative estimate of drug-likeness (QED) is 0.605. The van der Waals surface area contributed by atoms with E-state index in [0.29, 0.717) is 19.1 Å². The van der Waals surface area contributed by atoms with Gasteiger partial charge < -0.3 is 9.47 Å². The third-order valence-electron chi connectivity index (χ3n) is 2.73. The van der Waals surface area contributed by atoms with Crippen LogP contribution in [0.15, 0.2) is 42.6 Å². The minimum absolute atomic E-state index is 0.355. The largest absolute Gasteiger partial charge is 0.471 e. The van der Waals surface area contributed by atoms with Crippen LogP contribution >= 0.6 is 0 Å². The van der Waals surface area contributed by atoms with Gasteiger partial charge in [0.2, 0.25) is 5.88 Å². The number of hydrogen-bond donors (Lipinski definition) is 0. The zero-order valence-electron chi connectivity index (χ0n) is 12.2. The summed E-state index contributed by atoms with van der Waals surface area (Å²) in [5, 5.41) is 4.24. The molecule has 0 bridgehead atoms. The van der Waals surface area contributed by atoms with Crippen LogP contribution in [0.5, 0.6) is 5.88 Å². The molecule has 0 unspecified atom stereocenters. The van der Waals surface area contributed by atoms with Crippen molar-refractivity contribution in [1.82, 2.24) is 9.78 Å². The molecule has 0 aliphatic rings. The number of aryl methyl sites for hydroxylation is 1. The summed E-state index contributed by atoms with van der Waals surface area (Å²) in [6, 6.07) is 9.84. The fraction of sp³-hybridized carbons (Fsp3) is 0.250. The average Bonchev–Trinajstić information content (AvgIpc) is 2.84. The second kappa shape index (κ2) is 7.28. The highest BCUT2D eigenvalue weighted by molar-refractivity contribution is 5.87. The maximum absolute atomic E-state index is 11.3. The van der Waals surface area contributed by atoms with E-state index in [1.54, 1.807) is 30.9 Å². The van der Waals surface area contributed by atoms with Gasteiger partial charge in [-0.25, -0.2) is 4.79 Å². The molecule has 0 amide bonds.